The minimum Gasteiger partial charge on any atom is -0.496 e. The van der Waals surface area contributed by atoms with Crippen LogP contribution < -0.4 is 15.2 Å². The Balaban J connectivity index is 0.000000917. The van der Waals surface area contributed by atoms with E-state index >= 15 is 0 Å². The number of fused-ring (bicyclic) bond motifs is 3. The highest BCUT2D eigenvalue weighted by molar-refractivity contribution is 6.06. The second-order valence-corrected chi connectivity index (χ2v) is 8.30. The summed E-state index contributed by atoms with van der Waals surface area (Å²) in [4.78, 5) is 22.1. The van der Waals surface area contributed by atoms with Crippen LogP contribution in [0.4, 0.5) is 0 Å². The maximum atomic E-state index is 13.3. The van der Waals surface area contributed by atoms with Crippen molar-refractivity contribution in [2.24, 2.45) is 14.1 Å². The number of ether oxygens (including phenoxy) is 2. The zero-order valence-corrected chi connectivity index (χ0v) is 21.2. The topological polar surface area (TPSA) is 89.0 Å². The molecule has 182 valence electrons. The summed E-state index contributed by atoms with van der Waals surface area (Å²) in [5.74, 6) is 1.19. The van der Waals surface area contributed by atoms with Gasteiger partial charge >= 0.3 is 5.69 Å². The van der Waals surface area contributed by atoms with Gasteiger partial charge in [-0.05, 0) is 19.1 Å². The Morgan fingerprint density at radius 1 is 1.00 bits per heavy atom. The number of benzene rings is 1. The molecule has 5 rings (SSSR count). The lowest BCUT2D eigenvalue weighted by Crippen LogP contribution is -2.21. The number of methoxy groups -OCH3 is 2. The lowest BCUT2D eigenvalue weighted by atomic mass is 10.0. The first-order valence-electron chi connectivity index (χ1n) is 11.4. The largest absolute Gasteiger partial charge is 0.496 e. The normalized spacial score (nSPS) is 10.9. The van der Waals surface area contributed by atoms with E-state index < -0.39 is 0 Å². The zero-order valence-electron chi connectivity index (χ0n) is 21.2. The Morgan fingerprint density at radius 3 is 2.34 bits per heavy atom. The fourth-order valence-electron chi connectivity index (χ4n) is 4.21. The van der Waals surface area contributed by atoms with Gasteiger partial charge in [0.1, 0.15) is 5.75 Å². The monoisotopic (exact) mass is 474 g/mol. The summed E-state index contributed by atoms with van der Waals surface area (Å²) in [7, 11) is 6.81. The molecule has 0 saturated carbocycles. The molecule has 1 aromatic carbocycles. The van der Waals surface area contributed by atoms with Crippen LogP contribution in [0.25, 0.3) is 38.8 Å². The summed E-state index contributed by atoms with van der Waals surface area (Å²) in [5, 5.41) is 5.29. The van der Waals surface area contributed by atoms with E-state index in [0.717, 1.165) is 27.7 Å². The number of rotatable bonds is 4. The molecule has 0 fully saturated rings. The molecule has 0 spiro atoms. The van der Waals surface area contributed by atoms with Crippen LogP contribution in [0.2, 0.25) is 0 Å². The molecule has 35 heavy (non-hydrogen) atoms. The minimum atomic E-state index is -0.200. The predicted molar refractivity (Wildman–Crippen MR) is 138 cm³/mol. The Bertz CT molecular complexity index is 1580. The van der Waals surface area contributed by atoms with Gasteiger partial charge in [-0.2, -0.15) is 5.10 Å². The molecule has 0 saturated heterocycles. The molecule has 0 N–H and O–H groups in total. The summed E-state index contributed by atoms with van der Waals surface area (Å²) in [6, 6.07) is 5.67. The van der Waals surface area contributed by atoms with Gasteiger partial charge in [0.25, 0.3) is 0 Å². The van der Waals surface area contributed by atoms with Crippen molar-refractivity contribution in [2.45, 2.75) is 27.2 Å². The molecule has 0 aliphatic rings. The smallest absolute Gasteiger partial charge is 0.333 e. The van der Waals surface area contributed by atoms with Gasteiger partial charge in [0.05, 0.1) is 54.5 Å². The number of pyridine rings is 2. The van der Waals surface area contributed by atoms with Crippen LogP contribution >= 0.6 is 0 Å². The van der Waals surface area contributed by atoms with E-state index in [1.807, 2.05) is 32.3 Å². The molecule has 4 aromatic heterocycles. The standard InChI is InChI=1S/C23H22N6O3.C3H8/c1-13-16(12-27(2)26-13)14-8-15-17(9-20(14)31-4)25-10-19-22(15)29(23(30)28(19)3)18-6-7-24-11-21(18)32-5;1-3-2/h6-12H,1-5H3;3H2,1-2H3. The second kappa shape index (κ2) is 9.61. The van der Waals surface area contributed by atoms with Gasteiger partial charge in [0, 0.05) is 49.1 Å². The Labute approximate surface area is 203 Å². The molecule has 0 radical (unpaired) electrons. The summed E-state index contributed by atoms with van der Waals surface area (Å²) in [5.41, 5.74) is 5.28. The van der Waals surface area contributed by atoms with Crippen molar-refractivity contribution < 1.29 is 9.47 Å². The summed E-state index contributed by atoms with van der Waals surface area (Å²) >= 11 is 0. The molecule has 0 bridgehead atoms. The van der Waals surface area contributed by atoms with Crippen molar-refractivity contribution in [3.8, 4) is 28.3 Å². The van der Waals surface area contributed by atoms with Crippen molar-refractivity contribution in [2.75, 3.05) is 14.2 Å². The third kappa shape index (κ3) is 4.03. The van der Waals surface area contributed by atoms with E-state index in [2.05, 4.69) is 28.9 Å². The highest BCUT2D eigenvalue weighted by Gasteiger charge is 2.21. The maximum absolute atomic E-state index is 13.3. The van der Waals surface area contributed by atoms with Crippen LogP contribution in [-0.2, 0) is 14.1 Å². The zero-order chi connectivity index (χ0) is 25.3. The average Bonchev–Trinajstić information content (AvgIpc) is 3.33. The number of hydrogen-bond acceptors (Lipinski definition) is 6. The Kier molecular flexibility index (Phi) is 6.59. The number of aromatic nitrogens is 6. The van der Waals surface area contributed by atoms with Gasteiger partial charge in [-0.3, -0.25) is 23.8 Å². The Morgan fingerprint density at radius 2 is 1.71 bits per heavy atom. The maximum Gasteiger partial charge on any atom is 0.333 e. The summed E-state index contributed by atoms with van der Waals surface area (Å²) < 4.78 is 16.2. The first-order valence-corrected chi connectivity index (χ1v) is 11.4. The molecular formula is C26H30N6O3. The van der Waals surface area contributed by atoms with Crippen LogP contribution in [0.1, 0.15) is 26.0 Å². The van der Waals surface area contributed by atoms with Crippen LogP contribution in [-0.4, -0.2) is 43.1 Å². The molecule has 0 amide bonds. The molecule has 9 nitrogen and oxygen atoms in total. The number of aryl methyl sites for hydroxylation is 3. The minimum absolute atomic E-state index is 0.200. The molecule has 9 heteroatoms. The van der Waals surface area contributed by atoms with E-state index in [9.17, 15) is 4.79 Å². The lowest BCUT2D eigenvalue weighted by Gasteiger charge is -2.12. The third-order valence-corrected chi connectivity index (χ3v) is 5.73. The summed E-state index contributed by atoms with van der Waals surface area (Å²) in [6.07, 6.45) is 8.14. The van der Waals surface area contributed by atoms with Gasteiger partial charge in [0.2, 0.25) is 0 Å². The van der Waals surface area contributed by atoms with Gasteiger partial charge in [0.15, 0.2) is 5.75 Å². The van der Waals surface area contributed by atoms with Crippen molar-refractivity contribution >= 4 is 21.9 Å². The van der Waals surface area contributed by atoms with Crippen molar-refractivity contribution in [3.05, 3.63) is 59.2 Å². The Hall–Kier alpha value is -4.14. The van der Waals surface area contributed by atoms with Crippen LogP contribution in [0.5, 0.6) is 11.5 Å². The van der Waals surface area contributed by atoms with Crippen molar-refractivity contribution in [3.63, 3.8) is 0 Å². The molecule has 4 heterocycles. The number of hydrogen-bond donors (Lipinski definition) is 0. The molecule has 5 aromatic rings. The van der Waals surface area contributed by atoms with Gasteiger partial charge in [-0.15, -0.1) is 0 Å². The predicted octanol–water partition coefficient (Wildman–Crippen LogP) is 4.41. The number of imidazole rings is 1. The van der Waals surface area contributed by atoms with Crippen LogP contribution in [0.3, 0.4) is 0 Å². The number of nitrogens with zero attached hydrogens (tertiary/aromatic N) is 6. The summed E-state index contributed by atoms with van der Waals surface area (Å²) in [6.45, 7) is 6.21. The molecular weight excluding hydrogens is 444 g/mol. The van der Waals surface area contributed by atoms with Crippen LogP contribution in [0.15, 0.2) is 47.8 Å². The van der Waals surface area contributed by atoms with E-state index in [0.29, 0.717) is 28.2 Å². The molecule has 0 unspecified atom stereocenters. The van der Waals surface area contributed by atoms with E-state index in [4.69, 9.17) is 9.47 Å². The first kappa shape index (κ1) is 24.0. The average molecular weight is 475 g/mol. The molecule has 0 aliphatic heterocycles. The van der Waals surface area contributed by atoms with Crippen LogP contribution in [0, 0.1) is 6.92 Å². The van der Waals surface area contributed by atoms with Gasteiger partial charge in [-0.1, -0.05) is 20.3 Å². The highest BCUT2D eigenvalue weighted by Crippen LogP contribution is 2.38. The SMILES string of the molecule is CCC.COc1cc2ncc3c(c2cc1-c1cn(C)nc1C)n(-c1ccncc1OC)c(=O)n3C. The van der Waals surface area contributed by atoms with E-state index in [1.54, 1.807) is 59.7 Å². The van der Waals surface area contributed by atoms with Gasteiger partial charge < -0.3 is 9.47 Å². The van der Waals surface area contributed by atoms with Crippen molar-refractivity contribution in [1.82, 2.24) is 28.9 Å². The van der Waals surface area contributed by atoms with Gasteiger partial charge in [-0.25, -0.2) is 4.79 Å². The lowest BCUT2D eigenvalue weighted by molar-refractivity contribution is 0.411. The third-order valence-electron chi connectivity index (χ3n) is 5.73. The fraction of sp³-hybridized carbons (Fsp3) is 0.308. The molecule has 0 aliphatic carbocycles. The van der Waals surface area contributed by atoms with E-state index in [1.165, 1.54) is 6.42 Å². The second-order valence-electron chi connectivity index (χ2n) is 8.30. The highest BCUT2D eigenvalue weighted by atomic mass is 16.5. The quantitative estimate of drug-likeness (QED) is 0.383. The van der Waals surface area contributed by atoms with Crippen molar-refractivity contribution in [1.29, 1.82) is 0 Å². The first-order chi connectivity index (χ1) is 16.9. The fourth-order valence-corrected chi connectivity index (χ4v) is 4.21. The van der Waals surface area contributed by atoms with E-state index in [-0.39, 0.29) is 5.69 Å². The molecule has 0 atom stereocenters.